The minimum atomic E-state index is -0.597. The second kappa shape index (κ2) is 6.75. The van der Waals surface area contributed by atoms with Gasteiger partial charge in [0.05, 0.1) is 11.6 Å². The predicted octanol–water partition coefficient (Wildman–Crippen LogP) is 6.37. The lowest BCUT2D eigenvalue weighted by molar-refractivity contribution is 0.0770. The summed E-state index contributed by atoms with van der Waals surface area (Å²) in [6.07, 6.45) is 8.24. The van der Waals surface area contributed by atoms with Crippen molar-refractivity contribution < 1.29 is 4.74 Å². The molecule has 4 aliphatic heterocycles. The maximum absolute atomic E-state index is 7.16. The zero-order valence-corrected chi connectivity index (χ0v) is 19.6. The molecule has 4 nitrogen and oxygen atoms in total. The number of hydrogen-bond acceptors (Lipinski definition) is 4. The van der Waals surface area contributed by atoms with Gasteiger partial charge in [0.2, 0.25) is 5.72 Å². The number of nitrogens with zero attached hydrogens (tertiary/aromatic N) is 3. The molecule has 4 heteroatoms. The van der Waals surface area contributed by atoms with Crippen LogP contribution in [0.25, 0.3) is 10.8 Å². The summed E-state index contributed by atoms with van der Waals surface area (Å²) >= 11 is 0. The van der Waals surface area contributed by atoms with Gasteiger partial charge >= 0.3 is 0 Å². The second-order valence-electron chi connectivity index (χ2n) is 10.6. The summed E-state index contributed by atoms with van der Waals surface area (Å²) in [7, 11) is 0. The van der Waals surface area contributed by atoms with Crippen molar-refractivity contribution in [3.8, 4) is 5.75 Å². The Balaban J connectivity index is 1.42. The van der Waals surface area contributed by atoms with Gasteiger partial charge in [-0.05, 0) is 57.1 Å². The van der Waals surface area contributed by atoms with Gasteiger partial charge in [0.1, 0.15) is 5.69 Å². The lowest BCUT2D eigenvalue weighted by atomic mass is 9.77. The molecule has 4 aliphatic rings. The summed E-state index contributed by atoms with van der Waals surface area (Å²) < 4.78 is 7.16. The highest BCUT2D eigenvalue weighted by Gasteiger charge is 2.60. The molecule has 0 amide bonds. The van der Waals surface area contributed by atoms with Gasteiger partial charge in [0.15, 0.2) is 5.75 Å². The van der Waals surface area contributed by atoms with Crippen molar-refractivity contribution in [1.82, 2.24) is 0 Å². The van der Waals surface area contributed by atoms with Crippen LogP contribution in [-0.2, 0) is 11.8 Å². The molecule has 4 heterocycles. The van der Waals surface area contributed by atoms with E-state index in [1.54, 1.807) is 0 Å². The molecule has 0 aliphatic carbocycles. The number of aryl methyl sites for hydroxylation is 1. The Bertz CT molecular complexity index is 1300. The Kier molecular flexibility index (Phi) is 3.98. The number of ether oxygens (including phenoxy) is 1. The minimum absolute atomic E-state index is 0.208. The number of hydrogen-bond donors (Lipinski definition) is 0. The highest BCUT2D eigenvalue weighted by Crippen LogP contribution is 2.57. The number of benzene rings is 3. The van der Waals surface area contributed by atoms with E-state index in [1.165, 1.54) is 52.5 Å². The van der Waals surface area contributed by atoms with Crippen molar-refractivity contribution in [2.24, 2.45) is 4.99 Å². The van der Waals surface area contributed by atoms with Crippen molar-refractivity contribution in [2.75, 3.05) is 29.4 Å². The quantitative estimate of drug-likeness (QED) is 0.443. The lowest BCUT2D eigenvalue weighted by Gasteiger charge is -2.47. The number of piperidine rings is 1. The van der Waals surface area contributed by atoms with Gasteiger partial charge in [-0.25, -0.2) is 0 Å². The van der Waals surface area contributed by atoms with Crippen LogP contribution in [0.3, 0.4) is 0 Å². The van der Waals surface area contributed by atoms with Crippen molar-refractivity contribution in [3.63, 3.8) is 0 Å². The van der Waals surface area contributed by atoms with E-state index in [0.29, 0.717) is 0 Å². The second-order valence-corrected chi connectivity index (χ2v) is 10.6. The molecule has 0 N–H and O–H groups in total. The van der Waals surface area contributed by atoms with Crippen molar-refractivity contribution in [1.29, 1.82) is 0 Å². The fourth-order valence-electron chi connectivity index (χ4n) is 6.70. The third kappa shape index (κ3) is 2.50. The fraction of sp³-hybridized carbons (Fsp3) is 0.414. The summed E-state index contributed by atoms with van der Waals surface area (Å²) in [5.74, 6) is 0.921. The summed E-state index contributed by atoms with van der Waals surface area (Å²) in [5, 5.41) is 2.47. The van der Waals surface area contributed by atoms with Gasteiger partial charge in [-0.15, -0.1) is 0 Å². The van der Waals surface area contributed by atoms with Crippen LogP contribution in [0.5, 0.6) is 5.75 Å². The van der Waals surface area contributed by atoms with E-state index >= 15 is 0 Å². The average Bonchev–Trinajstić information content (AvgIpc) is 3.04. The highest BCUT2D eigenvalue weighted by molar-refractivity contribution is 6.06. The summed E-state index contributed by atoms with van der Waals surface area (Å²) in [6.45, 7) is 7.88. The van der Waals surface area contributed by atoms with Crippen molar-refractivity contribution in [2.45, 2.75) is 57.1 Å². The molecule has 0 unspecified atom stereocenters. The topological polar surface area (TPSA) is 28.1 Å². The highest BCUT2D eigenvalue weighted by atomic mass is 16.5. The molecular weight excluding hydrogens is 406 g/mol. The average molecular weight is 438 g/mol. The van der Waals surface area contributed by atoms with E-state index in [9.17, 15) is 0 Å². The van der Waals surface area contributed by atoms with Crippen molar-refractivity contribution in [3.05, 3.63) is 59.7 Å². The molecule has 1 spiro atoms. The first-order valence-electron chi connectivity index (χ1n) is 12.6. The fourth-order valence-corrected chi connectivity index (χ4v) is 6.70. The number of fused-ring (bicyclic) bond motifs is 4. The first-order valence-corrected chi connectivity index (χ1v) is 12.6. The Morgan fingerprint density at radius 2 is 1.70 bits per heavy atom. The maximum atomic E-state index is 7.16. The van der Waals surface area contributed by atoms with Gasteiger partial charge in [-0.3, -0.25) is 4.99 Å². The van der Waals surface area contributed by atoms with Crippen LogP contribution in [0.15, 0.2) is 53.5 Å². The third-order valence-corrected chi connectivity index (χ3v) is 8.48. The number of para-hydroxylation sites is 1. The van der Waals surface area contributed by atoms with Crippen LogP contribution >= 0.6 is 0 Å². The summed E-state index contributed by atoms with van der Waals surface area (Å²) in [5.41, 5.74) is 5.66. The third-order valence-electron chi connectivity index (χ3n) is 8.48. The van der Waals surface area contributed by atoms with Gasteiger partial charge < -0.3 is 14.5 Å². The van der Waals surface area contributed by atoms with Gasteiger partial charge in [0, 0.05) is 47.8 Å². The summed E-state index contributed by atoms with van der Waals surface area (Å²) in [4.78, 5) is 10.2. The maximum Gasteiger partial charge on any atom is 0.228 e. The molecule has 0 aromatic heterocycles. The molecule has 0 radical (unpaired) electrons. The Hall–Kier alpha value is -3.01. The monoisotopic (exact) mass is 437 g/mol. The minimum Gasteiger partial charge on any atom is -0.459 e. The number of rotatable bonds is 1. The van der Waals surface area contributed by atoms with E-state index in [4.69, 9.17) is 9.73 Å². The Labute approximate surface area is 195 Å². The SMILES string of the molecule is CC1(C)c2cccc3c2N(CCC3)[C@@]12C=Nc1c(cc(N3CCCCC3)c3ccccc13)O2. The smallest absolute Gasteiger partial charge is 0.228 e. The molecule has 1 saturated heterocycles. The van der Waals surface area contributed by atoms with E-state index in [0.717, 1.165) is 43.9 Å². The van der Waals surface area contributed by atoms with Crippen LogP contribution < -0.4 is 14.5 Å². The molecule has 33 heavy (non-hydrogen) atoms. The largest absolute Gasteiger partial charge is 0.459 e. The molecule has 0 bridgehead atoms. The first kappa shape index (κ1) is 19.5. The molecular formula is C29H31N3O. The molecule has 1 atom stereocenters. The normalized spacial score (nSPS) is 24.7. The zero-order valence-electron chi connectivity index (χ0n) is 19.6. The van der Waals surface area contributed by atoms with E-state index in [-0.39, 0.29) is 5.41 Å². The van der Waals surface area contributed by atoms with E-state index < -0.39 is 5.72 Å². The molecule has 3 aromatic carbocycles. The van der Waals surface area contributed by atoms with Crippen LogP contribution in [0, 0.1) is 0 Å². The van der Waals surface area contributed by atoms with Crippen LogP contribution in [-0.4, -0.2) is 31.6 Å². The van der Waals surface area contributed by atoms with Gasteiger partial charge in [-0.1, -0.05) is 42.5 Å². The van der Waals surface area contributed by atoms with E-state index in [1.807, 2.05) is 0 Å². The lowest BCUT2D eigenvalue weighted by Crippen LogP contribution is -2.62. The molecule has 3 aromatic rings. The molecule has 1 fully saturated rings. The van der Waals surface area contributed by atoms with Crippen molar-refractivity contribution >= 4 is 34.0 Å². The van der Waals surface area contributed by atoms with Crippen LogP contribution in [0.4, 0.5) is 17.1 Å². The molecule has 7 rings (SSSR count). The number of anilines is 2. The number of aliphatic imine (C=N–C) groups is 1. The standard InChI is InChI=1S/C29H31N3O/c1-28(2)23-14-8-10-20-11-9-17-32(27(20)23)29(28)19-30-26-22-13-5-4-12-21(22)24(18-25(26)33-29)31-15-6-3-7-16-31/h4-5,8,10,12-14,18-19H,3,6-7,9,11,15-17H2,1-2H3/t29-/m1/s1. The van der Waals surface area contributed by atoms with Crippen LogP contribution in [0.2, 0.25) is 0 Å². The molecule has 168 valence electrons. The van der Waals surface area contributed by atoms with Crippen LogP contribution in [0.1, 0.15) is 50.7 Å². The van der Waals surface area contributed by atoms with Gasteiger partial charge in [-0.2, -0.15) is 0 Å². The van der Waals surface area contributed by atoms with E-state index in [2.05, 4.69) is 78.4 Å². The molecule has 0 saturated carbocycles. The predicted molar refractivity (Wildman–Crippen MR) is 137 cm³/mol. The Morgan fingerprint density at radius 1 is 0.879 bits per heavy atom. The first-order chi connectivity index (χ1) is 16.1. The zero-order chi connectivity index (χ0) is 22.2. The Morgan fingerprint density at radius 3 is 2.55 bits per heavy atom. The van der Waals surface area contributed by atoms with Gasteiger partial charge in [0.25, 0.3) is 0 Å². The summed E-state index contributed by atoms with van der Waals surface area (Å²) in [6, 6.07) is 17.8.